The van der Waals surface area contributed by atoms with E-state index in [-0.39, 0.29) is 35.0 Å². The highest BCUT2D eigenvalue weighted by molar-refractivity contribution is 6.30. The molecular weight excluding hydrogens is 445 g/mol. The lowest BCUT2D eigenvalue weighted by Crippen LogP contribution is -2.45. The number of rotatable bonds is 3. The van der Waals surface area contributed by atoms with E-state index in [0.717, 1.165) is 25.3 Å². The molecule has 2 saturated heterocycles. The van der Waals surface area contributed by atoms with E-state index in [1.807, 2.05) is 4.90 Å². The number of alkyl halides is 3. The second-order valence-corrected chi connectivity index (χ2v) is 9.17. The minimum absolute atomic E-state index is 0.0115. The number of hydrogen-bond donors (Lipinski definition) is 0. The molecule has 2 aromatic rings. The summed E-state index contributed by atoms with van der Waals surface area (Å²) in [6.07, 6.45) is -0.496. The molecule has 1 aromatic heterocycles. The summed E-state index contributed by atoms with van der Waals surface area (Å²) in [6, 6.07) is 4.96. The normalized spacial score (nSPS) is 19.0. The Balaban J connectivity index is 1.38. The van der Waals surface area contributed by atoms with Crippen LogP contribution >= 0.6 is 11.6 Å². The van der Waals surface area contributed by atoms with Crippen molar-refractivity contribution in [3.8, 4) is 0 Å². The zero-order valence-electron chi connectivity index (χ0n) is 17.7. The van der Waals surface area contributed by atoms with Crippen LogP contribution in [0.25, 0.3) is 0 Å². The number of hydrogen-bond acceptors (Lipinski definition) is 4. The summed E-state index contributed by atoms with van der Waals surface area (Å²) in [7, 11) is 0. The van der Waals surface area contributed by atoms with Crippen LogP contribution in [0.5, 0.6) is 0 Å². The third kappa shape index (κ3) is 4.68. The van der Waals surface area contributed by atoms with Gasteiger partial charge in [-0.25, -0.2) is 4.79 Å². The van der Waals surface area contributed by atoms with Crippen molar-refractivity contribution in [1.82, 2.24) is 19.6 Å². The first-order chi connectivity index (χ1) is 15.1. The number of piperidine rings is 1. The minimum atomic E-state index is -4.42. The Hall–Kier alpha value is -2.39. The second kappa shape index (κ2) is 8.51. The smallest absolute Gasteiger partial charge is 0.323 e. The lowest BCUT2D eigenvalue weighted by atomic mass is 9.78. The SMILES string of the molecule is CC(=O)c1ccn(C(=O)N2CCC3(CCN(Cc4cc(Cl)ccc4C(F)(F)F)C3)CC2)n1. The van der Waals surface area contributed by atoms with E-state index in [2.05, 4.69) is 5.10 Å². The first kappa shape index (κ1) is 22.8. The average Bonchev–Trinajstić information content (AvgIpc) is 3.35. The molecule has 0 aliphatic carbocycles. The fourth-order valence-electron chi connectivity index (χ4n) is 4.72. The maximum atomic E-state index is 13.4. The zero-order chi connectivity index (χ0) is 23.1. The van der Waals surface area contributed by atoms with E-state index in [1.54, 1.807) is 4.90 Å². The number of Topliss-reactive ketones (excluding diaryl/α,β-unsaturated/α-hetero) is 1. The molecule has 3 heterocycles. The summed E-state index contributed by atoms with van der Waals surface area (Å²) < 4.78 is 41.3. The lowest BCUT2D eigenvalue weighted by molar-refractivity contribution is -0.138. The molecule has 2 aliphatic heterocycles. The van der Waals surface area contributed by atoms with Crippen molar-refractivity contribution < 1.29 is 22.8 Å². The standard InChI is InChI=1S/C22H24ClF3N4O2/c1-15(31)19-4-8-30(27-19)20(32)29-10-6-21(7-11-29)5-9-28(14-21)13-16-12-17(23)2-3-18(16)22(24,25)26/h2-4,8,12H,5-7,9-11,13-14H2,1H3. The molecule has 0 bridgehead atoms. The third-order valence-corrected chi connectivity index (χ3v) is 6.76. The maximum Gasteiger partial charge on any atom is 0.416 e. The average molecular weight is 469 g/mol. The van der Waals surface area contributed by atoms with Gasteiger partial charge in [0.2, 0.25) is 0 Å². The Kier molecular flexibility index (Phi) is 6.06. The fourth-order valence-corrected chi connectivity index (χ4v) is 4.91. The van der Waals surface area contributed by atoms with Crippen LogP contribution in [-0.4, -0.2) is 57.6 Å². The molecule has 0 N–H and O–H groups in total. The van der Waals surface area contributed by atoms with Crippen molar-refractivity contribution in [3.63, 3.8) is 0 Å². The first-order valence-corrected chi connectivity index (χ1v) is 10.9. The molecule has 2 aliphatic rings. The number of carbonyl (C=O) groups excluding carboxylic acids is 2. The third-order valence-electron chi connectivity index (χ3n) is 6.52. The predicted octanol–water partition coefficient (Wildman–Crippen LogP) is 4.71. The number of nitrogens with zero attached hydrogens (tertiary/aromatic N) is 4. The Bertz CT molecular complexity index is 1030. The molecule has 1 amide bonds. The van der Waals surface area contributed by atoms with Gasteiger partial charge in [0.15, 0.2) is 5.78 Å². The monoisotopic (exact) mass is 468 g/mol. The molecule has 2 fully saturated rings. The summed E-state index contributed by atoms with van der Waals surface area (Å²) in [5.74, 6) is -0.200. The molecule has 6 nitrogen and oxygen atoms in total. The molecule has 0 unspecified atom stereocenters. The van der Waals surface area contributed by atoms with Gasteiger partial charge in [0, 0.05) is 44.3 Å². The van der Waals surface area contributed by atoms with E-state index in [9.17, 15) is 22.8 Å². The van der Waals surface area contributed by atoms with Gasteiger partial charge in [-0.3, -0.25) is 9.69 Å². The van der Waals surface area contributed by atoms with Gasteiger partial charge in [-0.2, -0.15) is 23.0 Å². The summed E-state index contributed by atoms with van der Waals surface area (Å²) in [5, 5.41) is 4.32. The van der Waals surface area contributed by atoms with E-state index >= 15 is 0 Å². The second-order valence-electron chi connectivity index (χ2n) is 8.73. The van der Waals surface area contributed by atoms with Crippen LogP contribution in [0, 0.1) is 5.41 Å². The van der Waals surface area contributed by atoms with Crippen LogP contribution in [0.2, 0.25) is 5.02 Å². The molecule has 1 spiro atoms. The Morgan fingerprint density at radius 1 is 1.12 bits per heavy atom. The molecular formula is C22H24ClF3N4O2. The maximum absolute atomic E-state index is 13.4. The molecule has 0 atom stereocenters. The largest absolute Gasteiger partial charge is 0.416 e. The quantitative estimate of drug-likeness (QED) is 0.612. The number of benzene rings is 1. The van der Waals surface area contributed by atoms with Crippen LogP contribution in [0.15, 0.2) is 30.5 Å². The van der Waals surface area contributed by atoms with Crippen molar-refractivity contribution in [2.24, 2.45) is 5.41 Å². The number of likely N-dealkylation sites (tertiary alicyclic amines) is 2. The van der Waals surface area contributed by atoms with Crippen LogP contribution < -0.4 is 0 Å². The van der Waals surface area contributed by atoms with Crippen LogP contribution in [-0.2, 0) is 12.7 Å². The summed E-state index contributed by atoms with van der Waals surface area (Å²) in [6.45, 7) is 4.09. The van der Waals surface area contributed by atoms with Gasteiger partial charge in [-0.05, 0) is 61.1 Å². The van der Waals surface area contributed by atoms with E-state index in [4.69, 9.17) is 11.6 Å². The highest BCUT2D eigenvalue weighted by atomic mass is 35.5. The summed E-state index contributed by atoms with van der Waals surface area (Å²) >= 11 is 5.96. The van der Waals surface area contributed by atoms with E-state index < -0.39 is 11.7 Å². The fraction of sp³-hybridized carbons (Fsp3) is 0.500. The lowest BCUT2D eigenvalue weighted by Gasteiger charge is -2.39. The number of amides is 1. The van der Waals surface area contributed by atoms with Gasteiger partial charge in [-0.1, -0.05) is 11.6 Å². The van der Waals surface area contributed by atoms with Crippen LogP contribution in [0.4, 0.5) is 18.0 Å². The Morgan fingerprint density at radius 3 is 2.44 bits per heavy atom. The number of aromatic nitrogens is 2. The number of carbonyl (C=O) groups is 2. The van der Waals surface area contributed by atoms with Crippen molar-refractivity contribution in [3.05, 3.63) is 52.3 Å². The van der Waals surface area contributed by atoms with Crippen molar-refractivity contribution in [2.45, 2.75) is 38.9 Å². The molecule has 0 saturated carbocycles. The van der Waals surface area contributed by atoms with Gasteiger partial charge in [0.05, 0.1) is 5.56 Å². The predicted molar refractivity (Wildman–Crippen MR) is 113 cm³/mol. The molecule has 1 aromatic carbocycles. The topological polar surface area (TPSA) is 58.4 Å². The molecule has 10 heteroatoms. The van der Waals surface area contributed by atoms with Gasteiger partial charge in [-0.15, -0.1) is 0 Å². The van der Waals surface area contributed by atoms with Crippen LogP contribution in [0.1, 0.15) is 47.8 Å². The molecule has 172 valence electrons. The van der Waals surface area contributed by atoms with Gasteiger partial charge >= 0.3 is 12.2 Å². The number of ketones is 1. The molecule has 4 rings (SSSR count). The van der Waals surface area contributed by atoms with E-state index in [1.165, 1.54) is 36.0 Å². The molecule has 32 heavy (non-hydrogen) atoms. The van der Waals surface area contributed by atoms with Crippen molar-refractivity contribution >= 4 is 23.4 Å². The van der Waals surface area contributed by atoms with Gasteiger partial charge in [0.1, 0.15) is 5.69 Å². The highest BCUT2D eigenvalue weighted by Gasteiger charge is 2.42. The zero-order valence-corrected chi connectivity index (χ0v) is 18.4. The van der Waals surface area contributed by atoms with Gasteiger partial charge < -0.3 is 4.90 Å². The molecule has 0 radical (unpaired) electrons. The highest BCUT2D eigenvalue weighted by Crippen LogP contribution is 2.42. The van der Waals surface area contributed by atoms with E-state index in [0.29, 0.717) is 31.2 Å². The Morgan fingerprint density at radius 2 is 1.81 bits per heavy atom. The Labute approximate surface area is 188 Å². The summed E-state index contributed by atoms with van der Waals surface area (Å²) in [4.78, 5) is 27.9. The van der Waals surface area contributed by atoms with Crippen LogP contribution in [0.3, 0.4) is 0 Å². The van der Waals surface area contributed by atoms with Gasteiger partial charge in [0.25, 0.3) is 0 Å². The number of halogens is 4. The van der Waals surface area contributed by atoms with Crippen molar-refractivity contribution in [2.75, 3.05) is 26.2 Å². The summed E-state index contributed by atoms with van der Waals surface area (Å²) in [5.41, 5.74) is -0.220. The minimum Gasteiger partial charge on any atom is -0.323 e. The first-order valence-electron chi connectivity index (χ1n) is 10.5. The van der Waals surface area contributed by atoms with Crippen molar-refractivity contribution in [1.29, 1.82) is 0 Å².